The highest BCUT2D eigenvalue weighted by Gasteiger charge is 2.25. The van der Waals surface area contributed by atoms with E-state index in [1.807, 2.05) is 0 Å². The number of ether oxygens (including phenoxy) is 1. The first kappa shape index (κ1) is 10.1. The van der Waals surface area contributed by atoms with Crippen LogP contribution in [0.1, 0.15) is 19.1 Å². The Bertz CT molecular complexity index is 450. The fraction of sp³-hybridized carbons (Fsp3) is 0.556. The van der Waals surface area contributed by atoms with Crippen LogP contribution in [0.25, 0.3) is 0 Å². The molecule has 1 aliphatic heterocycles. The first-order valence-corrected chi connectivity index (χ1v) is 4.87. The van der Waals surface area contributed by atoms with Gasteiger partial charge in [-0.25, -0.2) is 4.79 Å². The van der Waals surface area contributed by atoms with Gasteiger partial charge >= 0.3 is 5.69 Å². The molecule has 0 saturated carbocycles. The number of H-pyrrole nitrogens is 1. The van der Waals surface area contributed by atoms with Gasteiger partial charge < -0.3 is 10.5 Å². The maximum Gasteiger partial charge on any atom is 0.330 e. The van der Waals surface area contributed by atoms with Gasteiger partial charge in [-0.3, -0.25) is 14.3 Å². The summed E-state index contributed by atoms with van der Waals surface area (Å²) in [6.45, 7) is 0.453. The summed E-state index contributed by atoms with van der Waals surface area (Å²) in [5, 5.41) is 0. The van der Waals surface area contributed by atoms with E-state index in [1.165, 1.54) is 16.8 Å². The third kappa shape index (κ3) is 2.00. The molecule has 2 atom stereocenters. The van der Waals surface area contributed by atoms with Gasteiger partial charge in [-0.1, -0.05) is 0 Å². The second-order valence-electron chi connectivity index (χ2n) is 3.54. The average molecular weight is 211 g/mol. The summed E-state index contributed by atoms with van der Waals surface area (Å²) in [5.74, 6) is 0. The van der Waals surface area contributed by atoms with Crippen LogP contribution >= 0.6 is 0 Å². The summed E-state index contributed by atoms with van der Waals surface area (Å²) in [6.07, 6.45) is 2.74. The lowest BCUT2D eigenvalue weighted by Gasteiger charge is -2.14. The predicted molar refractivity (Wildman–Crippen MR) is 53.5 cm³/mol. The van der Waals surface area contributed by atoms with Gasteiger partial charge in [0.15, 0.2) is 0 Å². The predicted octanol–water partition coefficient (Wildman–Crippen LogP) is -0.827. The maximum atomic E-state index is 11.4. The molecule has 82 valence electrons. The first-order chi connectivity index (χ1) is 7.20. The molecule has 1 fully saturated rings. The van der Waals surface area contributed by atoms with E-state index in [-0.39, 0.29) is 12.3 Å². The molecular formula is C9H13N3O3. The summed E-state index contributed by atoms with van der Waals surface area (Å²) < 4.78 is 6.92. The van der Waals surface area contributed by atoms with Crippen molar-refractivity contribution in [2.24, 2.45) is 5.73 Å². The number of nitrogens with two attached hydrogens (primary N) is 1. The Hall–Kier alpha value is -1.40. The molecule has 0 bridgehead atoms. The molecule has 1 aliphatic rings. The third-order valence-electron chi connectivity index (χ3n) is 2.51. The Labute approximate surface area is 85.7 Å². The van der Waals surface area contributed by atoms with Crippen LogP contribution in [0.3, 0.4) is 0 Å². The second-order valence-corrected chi connectivity index (χ2v) is 3.54. The van der Waals surface area contributed by atoms with Crippen LogP contribution in [0.5, 0.6) is 0 Å². The summed E-state index contributed by atoms with van der Waals surface area (Å²) in [4.78, 5) is 24.5. The molecule has 2 rings (SSSR count). The molecule has 1 saturated heterocycles. The normalized spacial score (nSPS) is 25.7. The average Bonchev–Trinajstić information content (AvgIpc) is 2.66. The van der Waals surface area contributed by atoms with Gasteiger partial charge in [0, 0.05) is 18.8 Å². The number of aromatic nitrogens is 2. The van der Waals surface area contributed by atoms with Gasteiger partial charge in [0.05, 0.1) is 6.10 Å². The zero-order chi connectivity index (χ0) is 10.8. The number of nitrogens with zero attached hydrogens (tertiary/aromatic N) is 1. The number of aromatic amines is 1. The van der Waals surface area contributed by atoms with Crippen molar-refractivity contribution in [3.8, 4) is 0 Å². The van der Waals surface area contributed by atoms with Crippen LogP contribution in [-0.4, -0.2) is 22.2 Å². The highest BCUT2D eigenvalue weighted by atomic mass is 16.5. The lowest BCUT2D eigenvalue weighted by atomic mass is 10.2. The van der Waals surface area contributed by atoms with E-state index < -0.39 is 11.2 Å². The quantitative estimate of drug-likeness (QED) is 0.668. The van der Waals surface area contributed by atoms with Crippen molar-refractivity contribution in [2.45, 2.75) is 25.2 Å². The molecule has 15 heavy (non-hydrogen) atoms. The van der Waals surface area contributed by atoms with Crippen LogP contribution in [0.4, 0.5) is 0 Å². The molecule has 0 amide bonds. The molecule has 0 radical (unpaired) electrons. The molecular weight excluding hydrogens is 198 g/mol. The van der Waals surface area contributed by atoms with Crippen molar-refractivity contribution in [3.63, 3.8) is 0 Å². The fourth-order valence-electron chi connectivity index (χ4n) is 1.72. The largest absolute Gasteiger partial charge is 0.353 e. The van der Waals surface area contributed by atoms with E-state index >= 15 is 0 Å². The van der Waals surface area contributed by atoms with Gasteiger partial charge in [-0.15, -0.1) is 0 Å². The summed E-state index contributed by atoms with van der Waals surface area (Å²) in [5.41, 5.74) is 4.63. The number of hydrogen-bond acceptors (Lipinski definition) is 4. The molecule has 0 aromatic carbocycles. The Morgan fingerprint density at radius 1 is 1.53 bits per heavy atom. The zero-order valence-electron chi connectivity index (χ0n) is 8.18. The number of hydrogen-bond donors (Lipinski definition) is 2. The first-order valence-electron chi connectivity index (χ1n) is 4.87. The molecule has 2 heterocycles. The van der Waals surface area contributed by atoms with Crippen molar-refractivity contribution >= 4 is 0 Å². The standard InChI is InChI=1S/C9H13N3O3/c10-5-6-1-2-8(15-6)12-4-3-7(13)11-9(12)14/h3-4,6,8H,1-2,5,10H2,(H,11,13,14). The van der Waals surface area contributed by atoms with E-state index in [1.54, 1.807) is 0 Å². The van der Waals surface area contributed by atoms with Crippen LogP contribution in [0.2, 0.25) is 0 Å². The molecule has 1 aromatic heterocycles. The van der Waals surface area contributed by atoms with Crippen molar-refractivity contribution in [3.05, 3.63) is 33.1 Å². The minimum absolute atomic E-state index is 0.00817. The monoisotopic (exact) mass is 211 g/mol. The SMILES string of the molecule is NCC1CCC(n2ccc(=O)[nH]c2=O)O1. The maximum absolute atomic E-state index is 11.4. The van der Waals surface area contributed by atoms with Crippen molar-refractivity contribution in [1.82, 2.24) is 9.55 Å². The third-order valence-corrected chi connectivity index (χ3v) is 2.51. The topological polar surface area (TPSA) is 90.1 Å². The second kappa shape index (κ2) is 4.00. The molecule has 0 spiro atoms. The molecule has 3 N–H and O–H groups in total. The highest BCUT2D eigenvalue weighted by molar-refractivity contribution is 4.86. The molecule has 0 aliphatic carbocycles. The molecule has 6 nitrogen and oxygen atoms in total. The molecule has 1 aromatic rings. The van der Waals surface area contributed by atoms with Crippen LogP contribution in [0, 0.1) is 0 Å². The Kier molecular flexibility index (Phi) is 2.70. The Morgan fingerprint density at radius 2 is 2.33 bits per heavy atom. The van der Waals surface area contributed by atoms with Crippen molar-refractivity contribution in [2.75, 3.05) is 6.54 Å². The number of nitrogens with one attached hydrogen (secondary N) is 1. The van der Waals surface area contributed by atoms with Crippen LogP contribution in [0.15, 0.2) is 21.9 Å². The molecule has 6 heteroatoms. The zero-order valence-corrected chi connectivity index (χ0v) is 8.18. The van der Waals surface area contributed by atoms with E-state index in [4.69, 9.17) is 10.5 Å². The Morgan fingerprint density at radius 3 is 2.93 bits per heavy atom. The minimum atomic E-state index is -0.440. The summed E-state index contributed by atoms with van der Waals surface area (Å²) in [7, 11) is 0. The molecule has 2 unspecified atom stereocenters. The Balaban J connectivity index is 2.24. The van der Waals surface area contributed by atoms with Crippen LogP contribution < -0.4 is 17.0 Å². The fourth-order valence-corrected chi connectivity index (χ4v) is 1.72. The van der Waals surface area contributed by atoms with Gasteiger partial charge in [0.2, 0.25) is 0 Å². The highest BCUT2D eigenvalue weighted by Crippen LogP contribution is 2.25. The van der Waals surface area contributed by atoms with Gasteiger partial charge in [0.25, 0.3) is 5.56 Å². The van der Waals surface area contributed by atoms with Crippen molar-refractivity contribution < 1.29 is 4.74 Å². The van der Waals surface area contributed by atoms with Gasteiger partial charge in [-0.05, 0) is 12.8 Å². The summed E-state index contributed by atoms with van der Waals surface area (Å²) >= 11 is 0. The minimum Gasteiger partial charge on any atom is -0.353 e. The van der Waals surface area contributed by atoms with E-state index in [9.17, 15) is 9.59 Å². The summed E-state index contributed by atoms with van der Waals surface area (Å²) in [6, 6.07) is 1.31. The smallest absolute Gasteiger partial charge is 0.330 e. The van der Waals surface area contributed by atoms with E-state index in [0.29, 0.717) is 6.54 Å². The van der Waals surface area contributed by atoms with E-state index in [0.717, 1.165) is 12.8 Å². The lowest BCUT2D eigenvalue weighted by Crippen LogP contribution is -2.32. The lowest BCUT2D eigenvalue weighted by molar-refractivity contribution is 0.00360. The number of rotatable bonds is 2. The van der Waals surface area contributed by atoms with Gasteiger partial charge in [-0.2, -0.15) is 0 Å². The van der Waals surface area contributed by atoms with Gasteiger partial charge in [0.1, 0.15) is 6.23 Å². The van der Waals surface area contributed by atoms with Crippen molar-refractivity contribution in [1.29, 1.82) is 0 Å². The van der Waals surface area contributed by atoms with E-state index in [2.05, 4.69) is 4.98 Å². The van der Waals surface area contributed by atoms with Crippen LogP contribution in [-0.2, 0) is 4.74 Å².